The Morgan fingerprint density at radius 3 is 2.72 bits per heavy atom. The van der Waals surface area contributed by atoms with Gasteiger partial charge in [0, 0.05) is 35.6 Å². The minimum absolute atomic E-state index is 0.335. The van der Waals surface area contributed by atoms with Crippen molar-refractivity contribution in [3.05, 3.63) is 59.4 Å². The Kier molecular flexibility index (Phi) is 4.33. The summed E-state index contributed by atoms with van der Waals surface area (Å²) < 4.78 is 6.84. The SMILES string of the molecule is Cc1ccnc(Oc2ccc(-c3csc4c(C5=NCCN5)cnc(N)c34)cc2)n1. The molecule has 0 atom stereocenters. The summed E-state index contributed by atoms with van der Waals surface area (Å²) in [5, 5.41) is 6.39. The largest absolute Gasteiger partial charge is 0.424 e. The van der Waals surface area contributed by atoms with Crippen LogP contribution in [0.5, 0.6) is 11.8 Å². The molecule has 0 radical (unpaired) electrons. The van der Waals surface area contributed by atoms with Crippen LogP contribution in [0.15, 0.2) is 53.1 Å². The highest BCUT2D eigenvalue weighted by Crippen LogP contribution is 2.39. The molecule has 0 saturated heterocycles. The van der Waals surface area contributed by atoms with E-state index in [1.54, 1.807) is 23.7 Å². The van der Waals surface area contributed by atoms with Gasteiger partial charge in [-0.1, -0.05) is 12.1 Å². The second-order valence-electron chi connectivity index (χ2n) is 6.67. The van der Waals surface area contributed by atoms with Gasteiger partial charge < -0.3 is 15.8 Å². The van der Waals surface area contributed by atoms with Crippen LogP contribution in [0.3, 0.4) is 0 Å². The number of rotatable bonds is 4. The first-order valence-electron chi connectivity index (χ1n) is 9.21. The highest BCUT2D eigenvalue weighted by atomic mass is 32.1. The molecule has 0 aliphatic carbocycles. The maximum atomic E-state index is 6.25. The number of amidine groups is 1. The minimum Gasteiger partial charge on any atom is -0.424 e. The first-order chi connectivity index (χ1) is 14.2. The van der Waals surface area contributed by atoms with Gasteiger partial charge in [-0.05, 0) is 36.1 Å². The molecule has 5 rings (SSSR count). The molecule has 0 bridgehead atoms. The number of aliphatic imine (C=N–C) groups is 1. The summed E-state index contributed by atoms with van der Waals surface area (Å²) in [6, 6.07) is 9.98. The topological polar surface area (TPSA) is 98.3 Å². The smallest absolute Gasteiger partial charge is 0.322 e. The number of anilines is 1. The van der Waals surface area contributed by atoms with Crippen molar-refractivity contribution in [3.8, 4) is 22.9 Å². The second kappa shape index (κ2) is 7.14. The van der Waals surface area contributed by atoms with Gasteiger partial charge in [-0.3, -0.25) is 4.99 Å². The van der Waals surface area contributed by atoms with Crippen LogP contribution in [-0.4, -0.2) is 33.9 Å². The molecular formula is C21H18N6OS. The van der Waals surface area contributed by atoms with Gasteiger partial charge in [0.1, 0.15) is 17.4 Å². The zero-order valence-electron chi connectivity index (χ0n) is 15.7. The molecule has 0 saturated carbocycles. The van der Waals surface area contributed by atoms with Gasteiger partial charge >= 0.3 is 6.01 Å². The molecule has 4 aromatic rings. The van der Waals surface area contributed by atoms with E-state index < -0.39 is 0 Å². The molecule has 0 fully saturated rings. The Hall–Kier alpha value is -3.52. The molecule has 0 unspecified atom stereocenters. The fourth-order valence-electron chi connectivity index (χ4n) is 3.31. The zero-order valence-corrected chi connectivity index (χ0v) is 16.5. The molecule has 0 amide bonds. The number of aryl methyl sites for hydroxylation is 1. The highest BCUT2D eigenvalue weighted by Gasteiger charge is 2.18. The standard InChI is InChI=1S/C21H18N6OS/c1-12-6-7-25-21(27-12)28-14-4-2-13(3-5-14)16-11-29-18-15(20-23-8-9-24-20)10-26-19(22)17(16)18/h2-7,10-11H,8-9H2,1H3,(H2,22,26)(H,23,24). The number of hydrogen-bond donors (Lipinski definition) is 2. The average molecular weight is 402 g/mol. The molecule has 144 valence electrons. The predicted molar refractivity (Wildman–Crippen MR) is 116 cm³/mol. The summed E-state index contributed by atoms with van der Waals surface area (Å²) in [7, 11) is 0. The molecule has 4 heterocycles. The summed E-state index contributed by atoms with van der Waals surface area (Å²) in [5.41, 5.74) is 10.2. The van der Waals surface area contributed by atoms with E-state index in [9.17, 15) is 0 Å². The molecule has 1 aromatic carbocycles. The van der Waals surface area contributed by atoms with E-state index in [4.69, 9.17) is 10.5 Å². The van der Waals surface area contributed by atoms with Crippen LogP contribution in [-0.2, 0) is 0 Å². The Morgan fingerprint density at radius 2 is 1.97 bits per heavy atom. The Bertz CT molecular complexity index is 1230. The number of nitrogens with one attached hydrogen (secondary N) is 1. The number of hydrogen-bond acceptors (Lipinski definition) is 8. The number of thiophene rings is 1. The average Bonchev–Trinajstić information content (AvgIpc) is 3.40. The lowest BCUT2D eigenvalue weighted by atomic mass is 10.0. The number of ether oxygens (including phenoxy) is 1. The van der Waals surface area contributed by atoms with Crippen molar-refractivity contribution in [3.63, 3.8) is 0 Å². The van der Waals surface area contributed by atoms with Crippen LogP contribution < -0.4 is 15.8 Å². The molecule has 1 aliphatic heterocycles. The quantitative estimate of drug-likeness (QED) is 0.539. The summed E-state index contributed by atoms with van der Waals surface area (Å²) in [6.07, 6.45) is 3.48. The molecule has 1 aliphatic rings. The van der Waals surface area contributed by atoms with E-state index in [1.165, 1.54) is 0 Å². The normalized spacial score (nSPS) is 13.3. The summed E-state index contributed by atoms with van der Waals surface area (Å²) >= 11 is 1.65. The molecule has 3 aromatic heterocycles. The monoisotopic (exact) mass is 402 g/mol. The minimum atomic E-state index is 0.335. The van der Waals surface area contributed by atoms with Crippen molar-refractivity contribution in [2.45, 2.75) is 6.92 Å². The number of nitrogens with two attached hydrogens (primary N) is 1. The zero-order chi connectivity index (χ0) is 19.8. The van der Waals surface area contributed by atoms with Crippen molar-refractivity contribution in [1.82, 2.24) is 20.3 Å². The van der Waals surface area contributed by atoms with Crippen LogP contribution in [0.4, 0.5) is 5.82 Å². The van der Waals surface area contributed by atoms with E-state index in [0.29, 0.717) is 17.6 Å². The first-order valence-corrected chi connectivity index (χ1v) is 10.1. The maximum Gasteiger partial charge on any atom is 0.322 e. The summed E-state index contributed by atoms with van der Waals surface area (Å²) in [4.78, 5) is 17.3. The van der Waals surface area contributed by atoms with E-state index in [1.807, 2.05) is 37.3 Å². The van der Waals surface area contributed by atoms with E-state index in [2.05, 4.69) is 30.6 Å². The van der Waals surface area contributed by atoms with Gasteiger partial charge in [-0.2, -0.15) is 0 Å². The van der Waals surface area contributed by atoms with Gasteiger partial charge in [0.05, 0.1) is 16.8 Å². The number of nitrogen functional groups attached to an aromatic ring is 1. The van der Waals surface area contributed by atoms with Gasteiger partial charge in [-0.25, -0.2) is 15.0 Å². The lowest BCUT2D eigenvalue weighted by molar-refractivity contribution is 0.440. The highest BCUT2D eigenvalue weighted by molar-refractivity contribution is 7.18. The van der Waals surface area contributed by atoms with Crippen molar-refractivity contribution in [2.24, 2.45) is 4.99 Å². The van der Waals surface area contributed by atoms with Crippen molar-refractivity contribution >= 4 is 33.1 Å². The number of nitrogens with zero attached hydrogens (tertiary/aromatic N) is 4. The predicted octanol–water partition coefficient (Wildman–Crippen LogP) is 3.79. The van der Waals surface area contributed by atoms with Gasteiger partial charge in [0.2, 0.25) is 0 Å². The van der Waals surface area contributed by atoms with Crippen LogP contribution in [0, 0.1) is 6.92 Å². The third kappa shape index (κ3) is 3.27. The third-order valence-corrected chi connectivity index (χ3v) is 5.71. The molecule has 7 nitrogen and oxygen atoms in total. The number of benzene rings is 1. The van der Waals surface area contributed by atoms with Gasteiger partial charge in [0.15, 0.2) is 0 Å². The number of aromatic nitrogens is 3. The third-order valence-electron chi connectivity index (χ3n) is 4.70. The molecular weight excluding hydrogens is 384 g/mol. The second-order valence-corrected chi connectivity index (χ2v) is 7.55. The Balaban J connectivity index is 1.50. The maximum absolute atomic E-state index is 6.25. The van der Waals surface area contributed by atoms with Crippen molar-refractivity contribution in [2.75, 3.05) is 18.8 Å². The lowest BCUT2D eigenvalue weighted by Gasteiger charge is -2.08. The molecule has 0 spiro atoms. The van der Waals surface area contributed by atoms with Crippen molar-refractivity contribution < 1.29 is 4.74 Å². The molecule has 29 heavy (non-hydrogen) atoms. The summed E-state index contributed by atoms with van der Waals surface area (Å²) in [6.45, 7) is 3.54. The Morgan fingerprint density at radius 1 is 1.10 bits per heavy atom. The van der Waals surface area contributed by atoms with Crippen LogP contribution in [0.1, 0.15) is 11.3 Å². The van der Waals surface area contributed by atoms with E-state index >= 15 is 0 Å². The van der Waals surface area contributed by atoms with E-state index in [-0.39, 0.29) is 0 Å². The molecule has 3 N–H and O–H groups in total. The van der Waals surface area contributed by atoms with Gasteiger partial charge in [-0.15, -0.1) is 11.3 Å². The number of pyridine rings is 1. The van der Waals surface area contributed by atoms with Gasteiger partial charge in [0.25, 0.3) is 0 Å². The van der Waals surface area contributed by atoms with Crippen LogP contribution in [0.25, 0.3) is 21.2 Å². The lowest BCUT2D eigenvalue weighted by Crippen LogP contribution is -2.19. The van der Waals surface area contributed by atoms with Crippen LogP contribution in [0.2, 0.25) is 0 Å². The Labute approximate surface area is 171 Å². The number of fused-ring (bicyclic) bond motifs is 1. The van der Waals surface area contributed by atoms with Crippen molar-refractivity contribution in [1.29, 1.82) is 0 Å². The van der Waals surface area contributed by atoms with E-state index in [0.717, 1.165) is 51.4 Å². The fraction of sp³-hybridized carbons (Fsp3) is 0.143. The first kappa shape index (κ1) is 17.6. The fourth-order valence-corrected chi connectivity index (χ4v) is 4.41. The summed E-state index contributed by atoms with van der Waals surface area (Å²) in [5.74, 6) is 2.08. The van der Waals surface area contributed by atoms with Crippen LogP contribution >= 0.6 is 11.3 Å². The molecule has 8 heteroatoms.